The van der Waals surface area contributed by atoms with Crippen molar-refractivity contribution in [3.05, 3.63) is 96.3 Å². The Morgan fingerprint density at radius 2 is 1.63 bits per heavy atom. The van der Waals surface area contributed by atoms with E-state index in [1.807, 2.05) is 6.92 Å². The van der Waals surface area contributed by atoms with Crippen LogP contribution in [-0.4, -0.2) is 42.6 Å². The predicted molar refractivity (Wildman–Crippen MR) is 152 cm³/mol. The van der Waals surface area contributed by atoms with Gasteiger partial charge in [-0.3, -0.25) is 0 Å². The van der Waals surface area contributed by atoms with Gasteiger partial charge in [0.15, 0.2) is 5.65 Å². The van der Waals surface area contributed by atoms with Gasteiger partial charge in [-0.25, -0.2) is 27.0 Å². The summed E-state index contributed by atoms with van der Waals surface area (Å²) in [6.07, 6.45) is -2.60. The molecule has 0 saturated heterocycles. The highest BCUT2D eigenvalue weighted by Gasteiger charge is 2.42. The normalized spacial score (nSPS) is 11.8. The third-order valence-electron chi connectivity index (χ3n) is 6.61. The zero-order chi connectivity index (χ0) is 31.1. The van der Waals surface area contributed by atoms with E-state index in [2.05, 4.69) is 9.72 Å². The summed E-state index contributed by atoms with van der Waals surface area (Å²) in [6.45, 7) is 1.83. The number of nitrogens with two attached hydrogens (primary N) is 1. The van der Waals surface area contributed by atoms with Crippen LogP contribution in [0.4, 0.5) is 18.9 Å². The summed E-state index contributed by atoms with van der Waals surface area (Å²) < 4.78 is 76.0. The molecule has 2 N–H and O–H groups in total. The molecule has 5 rings (SSSR count). The van der Waals surface area contributed by atoms with Crippen LogP contribution in [0.25, 0.3) is 33.3 Å². The summed E-state index contributed by atoms with van der Waals surface area (Å²) in [5.74, 6) is -3.80. The third-order valence-corrected chi connectivity index (χ3v) is 8.27. The smallest absolute Gasteiger partial charge is 0.491 e. The minimum atomic E-state index is -5.38. The van der Waals surface area contributed by atoms with Crippen LogP contribution in [0.3, 0.4) is 0 Å². The summed E-state index contributed by atoms with van der Waals surface area (Å²) in [4.78, 5) is 28.1. The Kier molecular flexibility index (Phi) is 7.44. The number of benzene rings is 3. The van der Waals surface area contributed by atoms with Gasteiger partial charge in [0.05, 0.1) is 17.6 Å². The molecule has 0 aliphatic rings. The highest BCUT2D eigenvalue weighted by atomic mass is 32.2. The molecule has 0 unspecified atom stereocenters. The van der Waals surface area contributed by atoms with Crippen LogP contribution in [0.5, 0.6) is 5.75 Å². The van der Waals surface area contributed by atoms with Gasteiger partial charge < -0.3 is 15.2 Å². The van der Waals surface area contributed by atoms with Crippen LogP contribution in [0.2, 0.25) is 0 Å². The fourth-order valence-electron chi connectivity index (χ4n) is 4.44. The number of hydrogen-bond acceptors (Lipinski definition) is 8. The van der Waals surface area contributed by atoms with Crippen molar-refractivity contribution in [2.24, 2.45) is 0 Å². The van der Waals surface area contributed by atoms with Gasteiger partial charge in [-0.1, -0.05) is 42.0 Å². The van der Waals surface area contributed by atoms with Crippen molar-refractivity contribution in [1.29, 1.82) is 0 Å². The number of nitrogen functional groups attached to an aromatic ring is 1. The molecule has 3 aromatic carbocycles. The van der Waals surface area contributed by atoms with Gasteiger partial charge in [-0.2, -0.15) is 13.2 Å². The molecule has 0 amide bonds. The molecule has 0 fully saturated rings. The predicted octanol–water partition coefficient (Wildman–Crippen LogP) is 5.75. The molecule has 43 heavy (non-hydrogen) atoms. The van der Waals surface area contributed by atoms with Crippen molar-refractivity contribution in [2.45, 2.75) is 18.0 Å². The van der Waals surface area contributed by atoms with Crippen LogP contribution in [0.15, 0.2) is 90.1 Å². The molecule has 0 aliphatic heterocycles. The number of aryl methyl sites for hydroxylation is 1. The van der Waals surface area contributed by atoms with E-state index in [0.717, 1.165) is 15.6 Å². The second-order valence-electron chi connectivity index (χ2n) is 9.43. The number of nitrogens with zero attached hydrogens (tertiary/aromatic N) is 2. The first-order valence-electron chi connectivity index (χ1n) is 12.5. The molecule has 0 spiro atoms. The molecular weight excluding hydrogens is 587 g/mol. The maximum absolute atomic E-state index is 13.7. The van der Waals surface area contributed by atoms with Crippen LogP contribution in [-0.2, 0) is 19.6 Å². The maximum atomic E-state index is 13.7. The Balaban J connectivity index is 1.68. The lowest BCUT2D eigenvalue weighted by Gasteiger charge is -2.10. The minimum absolute atomic E-state index is 0.0440. The SMILES string of the molecule is COc1ccccc1-c1cn(S(=O)(=O)c2ccc(C)cc2)c2ncc(-c3ccc(N)c(C(=O)OC(=O)C(F)(F)F)c3)cc12. The molecule has 0 atom stereocenters. The lowest BCUT2D eigenvalue weighted by Crippen LogP contribution is -2.28. The number of methoxy groups -OCH3 is 1. The number of carbonyl (C=O) groups is 2. The number of anilines is 1. The fourth-order valence-corrected chi connectivity index (χ4v) is 5.76. The van der Waals surface area contributed by atoms with Crippen LogP contribution in [0, 0.1) is 6.92 Å². The fraction of sp³-hybridized carbons (Fsp3) is 0.100. The zero-order valence-corrected chi connectivity index (χ0v) is 23.4. The van der Waals surface area contributed by atoms with Gasteiger partial charge in [0.1, 0.15) is 5.75 Å². The topological polar surface area (TPSA) is 131 Å². The summed E-state index contributed by atoms with van der Waals surface area (Å²) in [6, 6.07) is 18.8. The number of fused-ring (bicyclic) bond motifs is 1. The van der Waals surface area contributed by atoms with Crippen molar-refractivity contribution in [3.63, 3.8) is 0 Å². The lowest BCUT2D eigenvalue weighted by atomic mass is 10.00. The average molecular weight is 610 g/mol. The summed E-state index contributed by atoms with van der Waals surface area (Å²) in [7, 11) is -2.63. The number of rotatable bonds is 6. The highest BCUT2D eigenvalue weighted by molar-refractivity contribution is 7.90. The molecule has 2 aromatic heterocycles. The van der Waals surface area contributed by atoms with Crippen LogP contribution in [0.1, 0.15) is 15.9 Å². The van der Waals surface area contributed by atoms with Crippen molar-refractivity contribution in [1.82, 2.24) is 8.96 Å². The highest BCUT2D eigenvalue weighted by Crippen LogP contribution is 2.39. The summed E-state index contributed by atoms with van der Waals surface area (Å²) in [5, 5.41) is 0.394. The zero-order valence-electron chi connectivity index (χ0n) is 22.5. The molecule has 13 heteroatoms. The minimum Gasteiger partial charge on any atom is -0.496 e. The Morgan fingerprint density at radius 3 is 2.30 bits per heavy atom. The first-order chi connectivity index (χ1) is 20.3. The van der Waals surface area contributed by atoms with Crippen LogP contribution < -0.4 is 10.5 Å². The van der Waals surface area contributed by atoms with Gasteiger partial charge in [-0.15, -0.1) is 0 Å². The Labute approximate surface area is 243 Å². The number of halogens is 3. The number of para-hydroxylation sites is 1. The first kappa shape index (κ1) is 29.3. The first-order valence-corrected chi connectivity index (χ1v) is 13.9. The number of carbonyl (C=O) groups excluding carboxylic acids is 2. The third kappa shape index (κ3) is 5.54. The quantitative estimate of drug-likeness (QED) is 0.146. The van der Waals surface area contributed by atoms with Gasteiger partial charge in [0, 0.05) is 40.2 Å². The molecule has 220 valence electrons. The van der Waals surface area contributed by atoms with Crippen molar-refractivity contribution < 1.29 is 40.7 Å². The van der Waals surface area contributed by atoms with E-state index in [9.17, 15) is 31.2 Å². The van der Waals surface area contributed by atoms with E-state index < -0.39 is 33.7 Å². The second kappa shape index (κ2) is 10.9. The molecule has 0 bridgehead atoms. The number of ether oxygens (including phenoxy) is 2. The van der Waals surface area contributed by atoms with Crippen molar-refractivity contribution in [2.75, 3.05) is 12.8 Å². The Hall–Kier alpha value is -5.17. The monoisotopic (exact) mass is 609 g/mol. The van der Waals surface area contributed by atoms with Gasteiger partial charge in [-0.05, 0) is 48.9 Å². The molecule has 0 radical (unpaired) electrons. The van der Waals surface area contributed by atoms with Crippen LogP contribution >= 0.6 is 0 Å². The molecule has 0 aliphatic carbocycles. The Morgan fingerprint density at radius 1 is 0.930 bits per heavy atom. The maximum Gasteiger partial charge on any atom is 0.491 e. The molecule has 2 heterocycles. The van der Waals surface area contributed by atoms with E-state index in [4.69, 9.17) is 10.5 Å². The standard InChI is InChI=1S/C30H22F3N3O6S/c1-17-7-10-20(11-8-17)43(39,40)36-16-24(21-5-3-4-6-26(21)41-2)22-14-19(15-35-27(22)36)18-9-12-25(34)23(13-18)28(37)42-29(38)30(31,32)33/h3-16H,34H2,1-2H3. The number of aromatic nitrogens is 2. The average Bonchev–Trinajstić information content (AvgIpc) is 3.36. The number of hydrogen-bond donors (Lipinski definition) is 1. The van der Waals surface area contributed by atoms with E-state index in [-0.39, 0.29) is 21.8 Å². The lowest BCUT2D eigenvalue weighted by molar-refractivity contribution is -0.193. The molecule has 9 nitrogen and oxygen atoms in total. The molecular formula is C30H22F3N3O6S. The summed E-state index contributed by atoms with van der Waals surface area (Å²) in [5.41, 5.74) is 7.76. The number of alkyl halides is 3. The van der Waals surface area contributed by atoms with Gasteiger partial charge in [0.25, 0.3) is 10.0 Å². The van der Waals surface area contributed by atoms with Crippen molar-refractivity contribution >= 4 is 38.7 Å². The number of pyridine rings is 1. The van der Waals surface area contributed by atoms with Crippen molar-refractivity contribution in [3.8, 4) is 28.0 Å². The largest absolute Gasteiger partial charge is 0.496 e. The van der Waals surface area contributed by atoms with Gasteiger partial charge >= 0.3 is 18.1 Å². The molecule has 0 saturated carbocycles. The summed E-state index contributed by atoms with van der Waals surface area (Å²) >= 11 is 0. The van der Waals surface area contributed by atoms with E-state index in [1.165, 1.54) is 43.8 Å². The van der Waals surface area contributed by atoms with E-state index in [0.29, 0.717) is 27.8 Å². The number of esters is 2. The van der Waals surface area contributed by atoms with Gasteiger partial charge in [0.2, 0.25) is 0 Å². The second-order valence-corrected chi connectivity index (χ2v) is 11.2. The van der Waals surface area contributed by atoms with E-state index >= 15 is 0 Å². The Bertz CT molecular complexity index is 2000. The molecule has 5 aromatic rings. The van der Waals surface area contributed by atoms with E-state index in [1.54, 1.807) is 42.5 Å².